The second-order valence-electron chi connectivity index (χ2n) is 7.06. The van der Waals surface area contributed by atoms with Gasteiger partial charge in [-0.1, -0.05) is 6.07 Å². The van der Waals surface area contributed by atoms with E-state index in [9.17, 15) is 9.18 Å². The molecule has 0 unspecified atom stereocenters. The standard InChI is InChI=1S/C22H16FN7O2/c1-12-19(32-13(2)26-12)21(31)27-16-5-6-18(23)17(8-16)20-28-22-25-10-15(11-30(22)29-20)14-4-3-7-24-9-14/h3-11H,1-2H3,(H,27,31). The molecule has 5 aromatic rings. The molecule has 0 aliphatic carbocycles. The average Bonchev–Trinajstić information content (AvgIpc) is 3.37. The number of carbonyl (C=O) groups is 1. The van der Waals surface area contributed by atoms with Gasteiger partial charge >= 0.3 is 0 Å². The molecule has 0 bridgehead atoms. The van der Waals surface area contributed by atoms with Crippen molar-refractivity contribution in [2.75, 3.05) is 5.32 Å². The molecule has 0 saturated carbocycles. The molecular weight excluding hydrogens is 413 g/mol. The highest BCUT2D eigenvalue weighted by molar-refractivity contribution is 6.03. The number of oxazole rings is 1. The van der Waals surface area contributed by atoms with Crippen molar-refractivity contribution in [3.05, 3.63) is 78.3 Å². The number of pyridine rings is 1. The van der Waals surface area contributed by atoms with Crippen LogP contribution in [0.15, 0.2) is 59.5 Å². The van der Waals surface area contributed by atoms with Crippen LogP contribution in [0.5, 0.6) is 0 Å². The molecule has 1 aromatic carbocycles. The molecule has 10 heteroatoms. The minimum Gasteiger partial charge on any atom is -0.436 e. The van der Waals surface area contributed by atoms with Gasteiger partial charge in [-0.2, -0.15) is 4.98 Å². The molecule has 1 amide bonds. The molecule has 4 aromatic heterocycles. The van der Waals surface area contributed by atoms with E-state index in [2.05, 4.69) is 30.4 Å². The summed E-state index contributed by atoms with van der Waals surface area (Å²) in [5.74, 6) is -0.0642. The predicted molar refractivity (Wildman–Crippen MR) is 113 cm³/mol. The third-order valence-corrected chi connectivity index (χ3v) is 4.76. The van der Waals surface area contributed by atoms with Crippen LogP contribution < -0.4 is 5.32 Å². The highest BCUT2D eigenvalue weighted by Gasteiger charge is 2.18. The summed E-state index contributed by atoms with van der Waals surface area (Å²) in [6.07, 6.45) is 6.79. The van der Waals surface area contributed by atoms with Crippen LogP contribution >= 0.6 is 0 Å². The van der Waals surface area contributed by atoms with Crippen LogP contribution in [0.1, 0.15) is 22.1 Å². The molecule has 9 nitrogen and oxygen atoms in total. The molecule has 0 spiro atoms. The van der Waals surface area contributed by atoms with E-state index < -0.39 is 11.7 Å². The number of hydrogen-bond donors (Lipinski definition) is 1. The van der Waals surface area contributed by atoms with Gasteiger partial charge in [0.05, 0.1) is 11.3 Å². The fourth-order valence-electron chi connectivity index (χ4n) is 3.28. The topological polar surface area (TPSA) is 111 Å². The number of halogens is 1. The smallest absolute Gasteiger partial charge is 0.293 e. The van der Waals surface area contributed by atoms with Crippen molar-refractivity contribution < 1.29 is 13.6 Å². The molecule has 0 aliphatic heterocycles. The van der Waals surface area contributed by atoms with Gasteiger partial charge < -0.3 is 9.73 Å². The Labute approximate surface area is 181 Å². The van der Waals surface area contributed by atoms with Crippen LogP contribution in [0.2, 0.25) is 0 Å². The zero-order valence-electron chi connectivity index (χ0n) is 17.1. The van der Waals surface area contributed by atoms with E-state index in [4.69, 9.17) is 4.42 Å². The van der Waals surface area contributed by atoms with Gasteiger partial charge in [-0.15, -0.1) is 5.10 Å². The SMILES string of the molecule is Cc1nc(C)c(C(=O)Nc2ccc(F)c(-c3nc4ncc(-c5cccnc5)cn4n3)c2)o1. The second-order valence-corrected chi connectivity index (χ2v) is 7.06. The number of carbonyl (C=O) groups excluding carboxylic acids is 1. The third-order valence-electron chi connectivity index (χ3n) is 4.76. The average molecular weight is 429 g/mol. The van der Waals surface area contributed by atoms with E-state index in [1.54, 1.807) is 38.6 Å². The molecule has 1 N–H and O–H groups in total. The van der Waals surface area contributed by atoms with Crippen molar-refractivity contribution in [2.24, 2.45) is 0 Å². The van der Waals surface area contributed by atoms with E-state index in [0.29, 0.717) is 23.0 Å². The Morgan fingerprint density at radius 1 is 1.12 bits per heavy atom. The van der Waals surface area contributed by atoms with Crippen molar-refractivity contribution in [2.45, 2.75) is 13.8 Å². The van der Waals surface area contributed by atoms with Crippen LogP contribution in [0.4, 0.5) is 10.1 Å². The molecule has 0 aliphatic rings. The molecule has 0 saturated heterocycles. The largest absolute Gasteiger partial charge is 0.436 e. The minimum absolute atomic E-state index is 0.103. The number of nitrogens with one attached hydrogen (secondary N) is 1. The quantitative estimate of drug-likeness (QED) is 0.462. The van der Waals surface area contributed by atoms with E-state index in [1.165, 1.54) is 22.7 Å². The van der Waals surface area contributed by atoms with Gasteiger partial charge in [-0.05, 0) is 31.2 Å². The first kappa shape index (κ1) is 19.5. The fourth-order valence-corrected chi connectivity index (χ4v) is 3.28. The van der Waals surface area contributed by atoms with E-state index in [1.807, 2.05) is 12.1 Å². The van der Waals surface area contributed by atoms with Crippen LogP contribution in [0.3, 0.4) is 0 Å². The van der Waals surface area contributed by atoms with Gasteiger partial charge in [0, 0.05) is 48.5 Å². The summed E-state index contributed by atoms with van der Waals surface area (Å²) in [4.78, 5) is 29.3. The number of anilines is 1. The van der Waals surface area contributed by atoms with Gasteiger partial charge in [0.2, 0.25) is 5.76 Å². The van der Waals surface area contributed by atoms with Gasteiger partial charge in [0.15, 0.2) is 11.7 Å². The maximum atomic E-state index is 14.6. The van der Waals surface area contributed by atoms with Crippen LogP contribution in [0.25, 0.3) is 28.3 Å². The van der Waals surface area contributed by atoms with Gasteiger partial charge in [0.1, 0.15) is 5.82 Å². The van der Waals surface area contributed by atoms with Crippen LogP contribution in [-0.2, 0) is 0 Å². The van der Waals surface area contributed by atoms with Gasteiger partial charge in [-0.25, -0.2) is 18.9 Å². The molecule has 4 heterocycles. The lowest BCUT2D eigenvalue weighted by molar-refractivity contribution is 0.0994. The summed E-state index contributed by atoms with van der Waals surface area (Å²) >= 11 is 0. The maximum absolute atomic E-state index is 14.6. The van der Waals surface area contributed by atoms with Crippen LogP contribution in [-0.4, -0.2) is 35.5 Å². The zero-order valence-corrected chi connectivity index (χ0v) is 17.1. The summed E-state index contributed by atoms with van der Waals surface area (Å²) in [5.41, 5.74) is 2.62. The highest BCUT2D eigenvalue weighted by Crippen LogP contribution is 2.25. The van der Waals surface area contributed by atoms with E-state index >= 15 is 0 Å². The lowest BCUT2D eigenvalue weighted by atomic mass is 10.1. The normalized spacial score (nSPS) is 11.1. The molecule has 32 heavy (non-hydrogen) atoms. The van der Waals surface area contributed by atoms with Crippen molar-refractivity contribution >= 4 is 17.4 Å². The number of aromatic nitrogens is 6. The summed E-state index contributed by atoms with van der Waals surface area (Å²) in [7, 11) is 0. The van der Waals surface area contributed by atoms with E-state index in [0.717, 1.165) is 11.1 Å². The Balaban J connectivity index is 1.48. The molecule has 0 fully saturated rings. The predicted octanol–water partition coefficient (Wildman–Crippen LogP) is 3.85. The summed E-state index contributed by atoms with van der Waals surface area (Å²) in [6, 6.07) is 7.87. The van der Waals surface area contributed by atoms with Gasteiger partial charge in [0.25, 0.3) is 11.7 Å². The number of benzene rings is 1. The molecule has 0 radical (unpaired) electrons. The third kappa shape index (κ3) is 3.58. The monoisotopic (exact) mass is 429 g/mol. The minimum atomic E-state index is -0.530. The number of nitrogens with zero attached hydrogens (tertiary/aromatic N) is 6. The summed E-state index contributed by atoms with van der Waals surface area (Å²) < 4.78 is 21.4. The Morgan fingerprint density at radius 3 is 2.75 bits per heavy atom. The van der Waals surface area contributed by atoms with Crippen molar-refractivity contribution in [3.8, 4) is 22.5 Å². The molecular formula is C22H16FN7O2. The molecule has 158 valence electrons. The summed E-state index contributed by atoms with van der Waals surface area (Å²) in [6.45, 7) is 3.33. The molecule has 5 rings (SSSR count). The van der Waals surface area contributed by atoms with Crippen LogP contribution in [0, 0.1) is 19.7 Å². The molecule has 0 atom stereocenters. The summed E-state index contributed by atoms with van der Waals surface area (Å²) in [5, 5.41) is 7.06. The number of hydrogen-bond acceptors (Lipinski definition) is 7. The number of fused-ring (bicyclic) bond motifs is 1. The first-order chi connectivity index (χ1) is 15.5. The first-order valence-electron chi connectivity index (χ1n) is 9.66. The maximum Gasteiger partial charge on any atom is 0.293 e. The van der Waals surface area contributed by atoms with Crippen molar-refractivity contribution in [1.82, 2.24) is 29.5 Å². The first-order valence-corrected chi connectivity index (χ1v) is 9.66. The lowest BCUT2D eigenvalue weighted by Crippen LogP contribution is -2.12. The number of rotatable bonds is 4. The van der Waals surface area contributed by atoms with Gasteiger partial charge in [-0.3, -0.25) is 9.78 Å². The second kappa shape index (κ2) is 7.65. The number of aryl methyl sites for hydroxylation is 2. The fraction of sp³-hybridized carbons (Fsp3) is 0.0909. The Bertz CT molecular complexity index is 1460. The lowest BCUT2D eigenvalue weighted by Gasteiger charge is -2.06. The van der Waals surface area contributed by atoms with Crippen molar-refractivity contribution in [1.29, 1.82) is 0 Å². The Morgan fingerprint density at radius 2 is 2.00 bits per heavy atom. The van der Waals surface area contributed by atoms with Crippen molar-refractivity contribution in [3.63, 3.8) is 0 Å². The highest BCUT2D eigenvalue weighted by atomic mass is 19.1. The zero-order chi connectivity index (χ0) is 22.2. The Hall–Kier alpha value is -4.47. The number of amides is 1. The Kier molecular flexibility index (Phi) is 4.66. The van der Waals surface area contributed by atoms with E-state index in [-0.39, 0.29) is 17.1 Å².